The van der Waals surface area contributed by atoms with E-state index in [-0.39, 0.29) is 12.3 Å². The Kier molecular flexibility index (Phi) is 3.09. The molecule has 1 atom stereocenters. The molecule has 5 heteroatoms. The predicted octanol–water partition coefficient (Wildman–Crippen LogP) is 3.30. The number of benzene rings is 1. The second-order valence-electron chi connectivity index (χ2n) is 5.23. The van der Waals surface area contributed by atoms with Gasteiger partial charge in [0.25, 0.3) is 0 Å². The molecule has 4 nitrogen and oxygen atoms in total. The van der Waals surface area contributed by atoms with Crippen molar-refractivity contribution in [3.05, 3.63) is 28.4 Å². The van der Waals surface area contributed by atoms with Gasteiger partial charge in [-0.05, 0) is 58.3 Å². The lowest BCUT2D eigenvalue weighted by Gasteiger charge is -2.14. The number of aromatic nitrogens is 2. The summed E-state index contributed by atoms with van der Waals surface area (Å²) in [5.41, 5.74) is 2.16. The third-order valence-corrected chi connectivity index (χ3v) is 4.43. The van der Waals surface area contributed by atoms with Gasteiger partial charge in [0, 0.05) is 12.4 Å². The average Bonchev–Trinajstić information content (AvgIpc) is 3.15. The highest BCUT2D eigenvalue weighted by Gasteiger charge is 2.33. The van der Waals surface area contributed by atoms with Gasteiger partial charge in [0.1, 0.15) is 4.60 Å². The number of halogens is 1. The number of aryl methyl sites for hydroxylation is 1. The molecule has 1 saturated carbocycles. The van der Waals surface area contributed by atoms with Crippen LogP contribution < -0.4 is 0 Å². The molecular formula is C14H15BrN2O2. The van der Waals surface area contributed by atoms with E-state index in [1.54, 1.807) is 0 Å². The topological polar surface area (TPSA) is 55.1 Å². The van der Waals surface area contributed by atoms with Gasteiger partial charge >= 0.3 is 5.97 Å². The normalized spacial score (nSPS) is 16.7. The van der Waals surface area contributed by atoms with E-state index in [1.807, 2.05) is 23.9 Å². The van der Waals surface area contributed by atoms with Crippen LogP contribution in [0.4, 0.5) is 0 Å². The van der Waals surface area contributed by atoms with Crippen LogP contribution in [0.3, 0.4) is 0 Å². The van der Waals surface area contributed by atoms with Crippen LogP contribution in [0.25, 0.3) is 10.9 Å². The van der Waals surface area contributed by atoms with Crippen LogP contribution in [0.15, 0.2) is 22.8 Å². The van der Waals surface area contributed by atoms with Gasteiger partial charge in [-0.25, -0.2) is 0 Å². The molecule has 0 saturated heterocycles. The summed E-state index contributed by atoms with van der Waals surface area (Å²) in [5.74, 6) is -0.0519. The minimum atomic E-state index is -0.719. The van der Waals surface area contributed by atoms with Crippen molar-refractivity contribution in [3.63, 3.8) is 0 Å². The number of fused-ring (bicyclic) bond motifs is 1. The van der Waals surface area contributed by atoms with E-state index < -0.39 is 5.97 Å². The van der Waals surface area contributed by atoms with Crippen molar-refractivity contribution in [2.75, 3.05) is 0 Å². The average molecular weight is 323 g/mol. The fraction of sp³-hybridized carbons (Fsp3) is 0.429. The Balaban J connectivity index is 2.03. The number of rotatable bonds is 4. The molecule has 100 valence electrons. The van der Waals surface area contributed by atoms with E-state index in [0.29, 0.717) is 5.92 Å². The first-order chi connectivity index (χ1) is 9.06. The maximum atomic E-state index is 11.0. The maximum absolute atomic E-state index is 11.0. The first-order valence-corrected chi connectivity index (χ1v) is 7.19. The van der Waals surface area contributed by atoms with E-state index >= 15 is 0 Å². The van der Waals surface area contributed by atoms with Crippen molar-refractivity contribution >= 4 is 32.8 Å². The van der Waals surface area contributed by atoms with Gasteiger partial charge in [-0.15, -0.1) is 0 Å². The molecule has 1 aliphatic rings. The molecule has 1 aromatic carbocycles. The lowest BCUT2D eigenvalue weighted by Crippen LogP contribution is -2.08. The SMILES string of the molecule is Cn1nc(Br)c2ccc(C(CC(=O)O)C3CC3)cc21. The zero-order valence-corrected chi connectivity index (χ0v) is 12.2. The summed E-state index contributed by atoms with van der Waals surface area (Å²) in [6.07, 6.45) is 2.51. The quantitative estimate of drug-likeness (QED) is 0.939. The van der Waals surface area contributed by atoms with Crippen LogP contribution in [-0.4, -0.2) is 20.9 Å². The van der Waals surface area contributed by atoms with Gasteiger partial charge in [-0.2, -0.15) is 5.10 Å². The van der Waals surface area contributed by atoms with Crippen molar-refractivity contribution in [1.82, 2.24) is 9.78 Å². The molecule has 19 heavy (non-hydrogen) atoms. The van der Waals surface area contributed by atoms with Crippen molar-refractivity contribution in [3.8, 4) is 0 Å². The Bertz CT molecular complexity index is 646. The van der Waals surface area contributed by atoms with E-state index in [0.717, 1.165) is 33.9 Å². The van der Waals surface area contributed by atoms with Gasteiger partial charge in [0.15, 0.2) is 0 Å². The summed E-state index contributed by atoms with van der Waals surface area (Å²) in [7, 11) is 1.90. The number of hydrogen-bond acceptors (Lipinski definition) is 2. The Morgan fingerprint density at radius 1 is 1.58 bits per heavy atom. The molecule has 0 aliphatic heterocycles. The summed E-state index contributed by atoms with van der Waals surface area (Å²) < 4.78 is 2.66. The van der Waals surface area contributed by atoms with E-state index in [9.17, 15) is 4.79 Å². The highest BCUT2D eigenvalue weighted by atomic mass is 79.9. The van der Waals surface area contributed by atoms with E-state index in [1.165, 1.54) is 0 Å². The van der Waals surface area contributed by atoms with Crippen LogP contribution in [0.1, 0.15) is 30.7 Å². The van der Waals surface area contributed by atoms with Crippen LogP contribution in [-0.2, 0) is 11.8 Å². The molecule has 1 aromatic heterocycles. The minimum Gasteiger partial charge on any atom is -0.481 e. The third-order valence-electron chi connectivity index (χ3n) is 3.84. The molecule has 1 heterocycles. The summed E-state index contributed by atoms with van der Waals surface area (Å²) in [5, 5.41) is 14.5. The first-order valence-electron chi connectivity index (χ1n) is 6.40. The zero-order valence-electron chi connectivity index (χ0n) is 10.6. The lowest BCUT2D eigenvalue weighted by molar-refractivity contribution is -0.137. The van der Waals surface area contributed by atoms with Gasteiger partial charge in [0.05, 0.1) is 11.9 Å². The second kappa shape index (κ2) is 4.63. The van der Waals surface area contributed by atoms with Crippen molar-refractivity contribution < 1.29 is 9.90 Å². The highest BCUT2D eigenvalue weighted by molar-refractivity contribution is 9.10. The molecule has 2 aromatic rings. The number of carbonyl (C=O) groups is 1. The maximum Gasteiger partial charge on any atom is 0.303 e. The Labute approximate surface area is 119 Å². The molecule has 1 N–H and O–H groups in total. The third kappa shape index (κ3) is 2.39. The van der Waals surface area contributed by atoms with Gasteiger partial charge in [-0.1, -0.05) is 6.07 Å². The predicted molar refractivity (Wildman–Crippen MR) is 76.1 cm³/mol. The largest absolute Gasteiger partial charge is 0.481 e. The van der Waals surface area contributed by atoms with Crippen LogP contribution in [0.5, 0.6) is 0 Å². The molecular weight excluding hydrogens is 308 g/mol. The Hall–Kier alpha value is -1.36. The zero-order chi connectivity index (χ0) is 13.6. The van der Waals surface area contributed by atoms with Gasteiger partial charge in [0.2, 0.25) is 0 Å². The van der Waals surface area contributed by atoms with Crippen LogP contribution in [0, 0.1) is 5.92 Å². The monoisotopic (exact) mass is 322 g/mol. The molecule has 0 amide bonds. The molecule has 1 fully saturated rings. The number of nitrogens with zero attached hydrogens (tertiary/aromatic N) is 2. The second-order valence-corrected chi connectivity index (χ2v) is 5.98. The number of hydrogen-bond donors (Lipinski definition) is 1. The molecule has 0 radical (unpaired) electrons. The standard InChI is InChI=1S/C14H15BrN2O2/c1-17-12-6-9(4-5-10(12)14(15)16-17)11(7-13(18)19)8-2-3-8/h4-6,8,11H,2-3,7H2,1H3,(H,18,19). The molecule has 0 bridgehead atoms. The van der Waals surface area contributed by atoms with Crippen molar-refractivity contribution in [2.45, 2.75) is 25.2 Å². The number of aliphatic carboxylic acids is 1. The Morgan fingerprint density at radius 3 is 2.95 bits per heavy atom. The summed E-state index contributed by atoms with van der Waals surface area (Å²) in [6, 6.07) is 6.15. The van der Waals surface area contributed by atoms with Crippen molar-refractivity contribution in [1.29, 1.82) is 0 Å². The van der Waals surface area contributed by atoms with Crippen molar-refractivity contribution in [2.24, 2.45) is 13.0 Å². The van der Waals surface area contributed by atoms with E-state index in [2.05, 4.69) is 27.1 Å². The summed E-state index contributed by atoms with van der Waals surface area (Å²) in [6.45, 7) is 0. The first kappa shape index (κ1) is 12.7. The fourth-order valence-corrected chi connectivity index (χ4v) is 3.28. The smallest absolute Gasteiger partial charge is 0.303 e. The van der Waals surface area contributed by atoms with Crippen LogP contribution >= 0.6 is 15.9 Å². The molecule has 3 rings (SSSR count). The van der Waals surface area contributed by atoms with Gasteiger partial charge < -0.3 is 5.11 Å². The fourth-order valence-electron chi connectivity index (χ4n) is 2.70. The lowest BCUT2D eigenvalue weighted by atomic mass is 9.90. The summed E-state index contributed by atoms with van der Waals surface area (Å²) in [4.78, 5) is 11.0. The van der Waals surface area contributed by atoms with E-state index in [4.69, 9.17) is 5.11 Å². The molecule has 1 unspecified atom stereocenters. The Morgan fingerprint density at radius 2 is 2.32 bits per heavy atom. The summed E-state index contributed by atoms with van der Waals surface area (Å²) >= 11 is 3.43. The van der Waals surface area contributed by atoms with Gasteiger partial charge in [-0.3, -0.25) is 9.48 Å². The number of carboxylic acid groups (broad SMARTS) is 1. The number of carboxylic acids is 1. The highest BCUT2D eigenvalue weighted by Crippen LogP contribution is 2.45. The molecule has 1 aliphatic carbocycles. The van der Waals surface area contributed by atoms with Crippen LogP contribution in [0.2, 0.25) is 0 Å². The minimum absolute atomic E-state index is 0.135. The molecule has 0 spiro atoms.